The van der Waals surface area contributed by atoms with Gasteiger partial charge in [-0.15, -0.1) is 0 Å². The lowest BCUT2D eigenvalue weighted by atomic mass is 10.0. The van der Waals surface area contributed by atoms with Crippen LogP contribution in [0.5, 0.6) is 5.88 Å². The van der Waals surface area contributed by atoms with Gasteiger partial charge < -0.3 is 10.5 Å². The fourth-order valence-electron chi connectivity index (χ4n) is 1.10. The van der Waals surface area contributed by atoms with Gasteiger partial charge in [-0.1, -0.05) is 6.92 Å². The third-order valence-corrected chi connectivity index (χ3v) is 3.59. The molecule has 1 heterocycles. The van der Waals surface area contributed by atoms with Gasteiger partial charge in [-0.05, 0) is 25.5 Å². The largest absolute Gasteiger partial charge is 0.475 e. The first-order valence-corrected chi connectivity index (χ1v) is 7.22. The Bertz CT molecular complexity index is 483. The summed E-state index contributed by atoms with van der Waals surface area (Å²) < 4.78 is 28.4. The van der Waals surface area contributed by atoms with E-state index in [4.69, 9.17) is 10.5 Å². The normalized spacial score (nSPS) is 15.3. The minimum Gasteiger partial charge on any atom is -0.475 e. The molecule has 1 aromatic rings. The highest BCUT2D eigenvalue weighted by atomic mass is 32.2. The van der Waals surface area contributed by atoms with Gasteiger partial charge in [-0.2, -0.15) is 0 Å². The summed E-state index contributed by atoms with van der Waals surface area (Å²) >= 11 is 0. The Balaban J connectivity index is 2.93. The zero-order chi connectivity index (χ0) is 13.1. The predicted molar refractivity (Wildman–Crippen MR) is 65.7 cm³/mol. The quantitative estimate of drug-likeness (QED) is 0.851. The van der Waals surface area contributed by atoms with Gasteiger partial charge in [0.15, 0.2) is 9.84 Å². The molecule has 0 spiro atoms. The average Bonchev–Trinajstić information content (AvgIpc) is 2.26. The van der Waals surface area contributed by atoms with Crippen LogP contribution in [0.3, 0.4) is 0 Å². The molecule has 1 unspecified atom stereocenters. The topological polar surface area (TPSA) is 82.3 Å². The summed E-state index contributed by atoms with van der Waals surface area (Å²) in [6, 6.07) is 3.03. The molecular weight excluding hydrogens is 240 g/mol. The van der Waals surface area contributed by atoms with Crippen LogP contribution in [0.4, 0.5) is 0 Å². The number of nitrogens with two attached hydrogens (primary N) is 1. The second-order valence-electron chi connectivity index (χ2n) is 4.38. The van der Waals surface area contributed by atoms with E-state index in [9.17, 15) is 8.42 Å². The van der Waals surface area contributed by atoms with Crippen LogP contribution in [0.2, 0.25) is 0 Å². The van der Waals surface area contributed by atoms with E-state index in [1.807, 2.05) is 13.8 Å². The number of pyridine rings is 1. The second kappa shape index (κ2) is 5.01. The molecule has 0 aliphatic rings. The van der Waals surface area contributed by atoms with Gasteiger partial charge >= 0.3 is 0 Å². The van der Waals surface area contributed by atoms with E-state index in [0.717, 1.165) is 12.7 Å². The van der Waals surface area contributed by atoms with Crippen molar-refractivity contribution in [3.63, 3.8) is 0 Å². The van der Waals surface area contributed by atoms with Crippen LogP contribution in [0.1, 0.15) is 20.3 Å². The first kappa shape index (κ1) is 13.9. The Hall–Kier alpha value is -1.14. The summed E-state index contributed by atoms with van der Waals surface area (Å²) in [5, 5.41) is 0. The van der Waals surface area contributed by atoms with Crippen molar-refractivity contribution >= 4 is 9.84 Å². The molecule has 1 aromatic heterocycles. The molecule has 0 radical (unpaired) electrons. The number of ether oxygens (including phenoxy) is 1. The lowest BCUT2D eigenvalue weighted by Gasteiger charge is -2.22. The predicted octanol–water partition coefficient (Wildman–Crippen LogP) is 0.991. The summed E-state index contributed by atoms with van der Waals surface area (Å²) in [5.41, 5.74) is 5.43. The van der Waals surface area contributed by atoms with Crippen molar-refractivity contribution in [3.8, 4) is 5.88 Å². The molecule has 1 rings (SSSR count). The molecule has 96 valence electrons. The van der Waals surface area contributed by atoms with Crippen molar-refractivity contribution in [2.75, 3.05) is 12.9 Å². The van der Waals surface area contributed by atoms with Gasteiger partial charge in [-0.25, -0.2) is 13.4 Å². The van der Waals surface area contributed by atoms with Crippen LogP contribution >= 0.6 is 0 Å². The number of nitrogens with zero attached hydrogens (tertiary/aromatic N) is 1. The van der Waals surface area contributed by atoms with E-state index < -0.39 is 15.4 Å². The molecule has 0 saturated carbocycles. The van der Waals surface area contributed by atoms with Gasteiger partial charge in [0.2, 0.25) is 5.88 Å². The Morgan fingerprint density at radius 3 is 2.71 bits per heavy atom. The van der Waals surface area contributed by atoms with E-state index in [-0.39, 0.29) is 17.4 Å². The molecule has 0 aliphatic heterocycles. The van der Waals surface area contributed by atoms with E-state index in [1.165, 1.54) is 12.3 Å². The van der Waals surface area contributed by atoms with E-state index in [1.54, 1.807) is 6.07 Å². The molecule has 17 heavy (non-hydrogen) atoms. The van der Waals surface area contributed by atoms with E-state index in [2.05, 4.69) is 4.98 Å². The van der Waals surface area contributed by atoms with Crippen LogP contribution in [0.25, 0.3) is 0 Å². The van der Waals surface area contributed by atoms with Gasteiger partial charge in [0.05, 0.1) is 0 Å². The Labute approximate surface area is 102 Å². The molecule has 0 saturated heterocycles. The smallest absolute Gasteiger partial charge is 0.232 e. The monoisotopic (exact) mass is 258 g/mol. The van der Waals surface area contributed by atoms with Gasteiger partial charge in [0.1, 0.15) is 11.5 Å². The molecular formula is C11H18N2O3S. The van der Waals surface area contributed by atoms with E-state index in [0.29, 0.717) is 0 Å². The summed E-state index contributed by atoms with van der Waals surface area (Å²) in [6.45, 7) is 4.01. The maximum absolute atomic E-state index is 11.5. The fraction of sp³-hybridized carbons (Fsp3) is 0.545. The maximum atomic E-state index is 11.5. The van der Waals surface area contributed by atoms with Crippen molar-refractivity contribution < 1.29 is 13.2 Å². The number of aromatic nitrogens is 1. The van der Waals surface area contributed by atoms with Crippen LogP contribution in [-0.2, 0) is 9.84 Å². The zero-order valence-corrected chi connectivity index (χ0v) is 11.1. The molecule has 0 fully saturated rings. The molecule has 0 aromatic carbocycles. The third kappa shape index (κ3) is 3.98. The van der Waals surface area contributed by atoms with Crippen molar-refractivity contribution in [3.05, 3.63) is 18.3 Å². The highest BCUT2D eigenvalue weighted by Gasteiger charge is 2.20. The van der Waals surface area contributed by atoms with Crippen molar-refractivity contribution in [1.82, 2.24) is 4.98 Å². The summed E-state index contributed by atoms with van der Waals surface area (Å²) in [6.07, 6.45) is 3.34. The lowest BCUT2D eigenvalue weighted by molar-refractivity contribution is 0.213. The van der Waals surface area contributed by atoms with E-state index >= 15 is 0 Å². The van der Waals surface area contributed by atoms with Crippen molar-refractivity contribution in [1.29, 1.82) is 0 Å². The van der Waals surface area contributed by atoms with Crippen LogP contribution in [0, 0.1) is 0 Å². The standard InChI is InChI=1S/C11H18N2O3S/c1-4-11(2,12)8-16-10-9(17(3,14)15)6-5-7-13-10/h5-7H,4,8,12H2,1-3H3. The Morgan fingerprint density at radius 2 is 2.18 bits per heavy atom. The molecule has 6 heteroatoms. The first-order chi connectivity index (χ1) is 7.76. The van der Waals surface area contributed by atoms with Crippen molar-refractivity contribution in [2.45, 2.75) is 30.7 Å². The fourth-order valence-corrected chi connectivity index (χ4v) is 1.86. The molecule has 1 atom stereocenters. The highest BCUT2D eigenvalue weighted by molar-refractivity contribution is 7.90. The minimum absolute atomic E-state index is 0.0897. The zero-order valence-electron chi connectivity index (χ0n) is 10.3. The number of rotatable bonds is 5. The average molecular weight is 258 g/mol. The third-order valence-electron chi connectivity index (χ3n) is 2.48. The van der Waals surface area contributed by atoms with Gasteiger partial charge in [-0.3, -0.25) is 0 Å². The Kier molecular flexibility index (Phi) is 4.11. The first-order valence-electron chi connectivity index (χ1n) is 5.33. The molecule has 0 amide bonds. The Morgan fingerprint density at radius 1 is 1.53 bits per heavy atom. The molecule has 2 N–H and O–H groups in total. The van der Waals surface area contributed by atoms with Gasteiger partial charge in [0.25, 0.3) is 0 Å². The summed E-state index contributed by atoms with van der Waals surface area (Å²) in [7, 11) is -3.34. The number of sulfone groups is 1. The summed E-state index contributed by atoms with van der Waals surface area (Å²) in [5.74, 6) is 0.111. The number of hydrogen-bond acceptors (Lipinski definition) is 5. The van der Waals surface area contributed by atoms with Crippen molar-refractivity contribution in [2.24, 2.45) is 5.73 Å². The molecule has 0 bridgehead atoms. The number of hydrogen-bond donors (Lipinski definition) is 1. The summed E-state index contributed by atoms with van der Waals surface area (Å²) in [4.78, 5) is 4.02. The van der Waals surface area contributed by atoms with Crippen LogP contribution in [-0.4, -0.2) is 31.8 Å². The molecule has 0 aliphatic carbocycles. The highest BCUT2D eigenvalue weighted by Crippen LogP contribution is 2.21. The minimum atomic E-state index is -3.34. The van der Waals surface area contributed by atoms with Gasteiger partial charge in [0, 0.05) is 18.0 Å². The maximum Gasteiger partial charge on any atom is 0.232 e. The van der Waals surface area contributed by atoms with Crippen LogP contribution < -0.4 is 10.5 Å². The molecule has 5 nitrogen and oxygen atoms in total. The van der Waals surface area contributed by atoms with Crippen LogP contribution in [0.15, 0.2) is 23.2 Å². The second-order valence-corrected chi connectivity index (χ2v) is 6.36. The SMILES string of the molecule is CCC(C)(N)COc1ncccc1S(C)(=O)=O. The lowest BCUT2D eigenvalue weighted by Crippen LogP contribution is -2.41.